The molecule has 3 rings (SSSR count). The molecule has 1 unspecified atom stereocenters. The lowest BCUT2D eigenvalue weighted by Crippen LogP contribution is -2.31. The third-order valence-corrected chi connectivity index (χ3v) is 5.00. The van der Waals surface area contributed by atoms with E-state index in [0.717, 1.165) is 28.8 Å². The van der Waals surface area contributed by atoms with Crippen LogP contribution in [-0.2, 0) is 16.4 Å². The number of anilines is 1. The first-order valence-corrected chi connectivity index (χ1v) is 8.46. The summed E-state index contributed by atoms with van der Waals surface area (Å²) in [6.07, 6.45) is 2.01. The van der Waals surface area contributed by atoms with Crippen LogP contribution in [0.15, 0.2) is 48.5 Å². The standard InChI is InChI=1S/C16H17NO2S/c1-12-7-3-5-9-14(12)16-11-13-8-4-6-10-15(13)17(16)20(2,18)19/h3-10,16H,11H2,1-2H3. The summed E-state index contributed by atoms with van der Waals surface area (Å²) in [6, 6.07) is 15.6. The second-order valence-electron chi connectivity index (χ2n) is 5.26. The molecular weight excluding hydrogens is 270 g/mol. The molecule has 0 saturated heterocycles. The Morgan fingerprint density at radius 1 is 1.05 bits per heavy atom. The first-order valence-electron chi connectivity index (χ1n) is 6.61. The third kappa shape index (κ3) is 2.10. The molecule has 0 aromatic heterocycles. The van der Waals surface area contributed by atoms with Gasteiger partial charge in [-0.1, -0.05) is 42.5 Å². The molecule has 4 heteroatoms. The number of hydrogen-bond donors (Lipinski definition) is 0. The monoisotopic (exact) mass is 287 g/mol. The van der Waals surface area contributed by atoms with Crippen LogP contribution >= 0.6 is 0 Å². The summed E-state index contributed by atoms with van der Waals surface area (Å²) in [6.45, 7) is 2.03. The SMILES string of the molecule is Cc1ccccc1C1Cc2ccccc2N1S(C)(=O)=O. The van der Waals surface area contributed by atoms with Gasteiger partial charge in [0.1, 0.15) is 0 Å². The van der Waals surface area contributed by atoms with E-state index in [0.29, 0.717) is 0 Å². The van der Waals surface area contributed by atoms with Crippen molar-refractivity contribution in [1.29, 1.82) is 0 Å². The van der Waals surface area contributed by atoms with Gasteiger partial charge in [-0.2, -0.15) is 0 Å². The van der Waals surface area contributed by atoms with Crippen molar-refractivity contribution in [3.63, 3.8) is 0 Å². The number of benzene rings is 2. The molecule has 20 heavy (non-hydrogen) atoms. The molecule has 1 aliphatic heterocycles. The highest BCUT2D eigenvalue weighted by atomic mass is 32.2. The van der Waals surface area contributed by atoms with E-state index < -0.39 is 10.0 Å². The molecule has 0 fully saturated rings. The Morgan fingerprint density at radius 3 is 2.40 bits per heavy atom. The normalized spacial score (nSPS) is 18.1. The number of hydrogen-bond acceptors (Lipinski definition) is 2. The Kier molecular flexibility index (Phi) is 3.05. The largest absolute Gasteiger partial charge is 0.262 e. The molecule has 0 N–H and O–H groups in total. The highest BCUT2D eigenvalue weighted by Gasteiger charge is 2.36. The Bertz CT molecular complexity index is 753. The van der Waals surface area contributed by atoms with Crippen molar-refractivity contribution in [3.05, 3.63) is 65.2 Å². The second-order valence-corrected chi connectivity index (χ2v) is 7.12. The van der Waals surface area contributed by atoms with E-state index in [2.05, 4.69) is 0 Å². The van der Waals surface area contributed by atoms with Crippen molar-refractivity contribution in [1.82, 2.24) is 0 Å². The first-order chi connectivity index (χ1) is 9.48. The van der Waals surface area contributed by atoms with E-state index in [4.69, 9.17) is 0 Å². The minimum Gasteiger partial charge on any atom is -0.262 e. The molecule has 0 spiro atoms. The molecule has 1 atom stereocenters. The maximum atomic E-state index is 12.2. The van der Waals surface area contributed by atoms with Crippen LogP contribution in [0.2, 0.25) is 0 Å². The number of para-hydroxylation sites is 1. The number of aryl methyl sites for hydroxylation is 1. The Labute approximate surface area is 119 Å². The third-order valence-electron chi connectivity index (χ3n) is 3.83. The summed E-state index contributed by atoms with van der Waals surface area (Å²) in [5.74, 6) is 0. The summed E-state index contributed by atoms with van der Waals surface area (Å²) in [7, 11) is -3.30. The topological polar surface area (TPSA) is 37.4 Å². The number of nitrogens with zero attached hydrogens (tertiary/aromatic N) is 1. The Hall–Kier alpha value is -1.81. The number of sulfonamides is 1. The van der Waals surface area contributed by atoms with Crippen molar-refractivity contribution in [2.45, 2.75) is 19.4 Å². The van der Waals surface area contributed by atoms with Gasteiger partial charge in [-0.3, -0.25) is 4.31 Å². The van der Waals surface area contributed by atoms with Gasteiger partial charge in [0.05, 0.1) is 18.0 Å². The van der Waals surface area contributed by atoms with E-state index in [1.165, 1.54) is 6.26 Å². The zero-order valence-corrected chi connectivity index (χ0v) is 12.4. The van der Waals surface area contributed by atoms with Crippen LogP contribution in [-0.4, -0.2) is 14.7 Å². The van der Waals surface area contributed by atoms with Crippen LogP contribution in [0.25, 0.3) is 0 Å². The Balaban J connectivity index is 2.17. The average molecular weight is 287 g/mol. The molecule has 3 nitrogen and oxygen atoms in total. The molecule has 1 aliphatic rings. The van der Waals surface area contributed by atoms with Crippen molar-refractivity contribution in [2.75, 3.05) is 10.6 Å². The molecule has 0 radical (unpaired) electrons. The van der Waals surface area contributed by atoms with Crippen molar-refractivity contribution in [2.24, 2.45) is 0 Å². The Morgan fingerprint density at radius 2 is 1.70 bits per heavy atom. The van der Waals surface area contributed by atoms with Crippen molar-refractivity contribution < 1.29 is 8.42 Å². The highest BCUT2D eigenvalue weighted by molar-refractivity contribution is 7.92. The average Bonchev–Trinajstić information content (AvgIpc) is 2.78. The fourth-order valence-electron chi connectivity index (χ4n) is 2.96. The molecule has 0 aliphatic carbocycles. The van der Waals surface area contributed by atoms with Gasteiger partial charge in [-0.25, -0.2) is 8.42 Å². The van der Waals surface area contributed by atoms with Gasteiger partial charge in [0, 0.05) is 6.42 Å². The molecule has 0 amide bonds. The van der Waals surface area contributed by atoms with Gasteiger partial charge >= 0.3 is 0 Å². The minimum atomic E-state index is -3.30. The molecular formula is C16H17NO2S. The summed E-state index contributed by atoms with van der Waals surface area (Å²) in [5, 5.41) is 0. The summed E-state index contributed by atoms with van der Waals surface area (Å²) >= 11 is 0. The van der Waals surface area contributed by atoms with Crippen LogP contribution in [0, 0.1) is 6.92 Å². The van der Waals surface area contributed by atoms with E-state index >= 15 is 0 Å². The number of rotatable bonds is 2. The zero-order valence-electron chi connectivity index (χ0n) is 11.6. The lowest BCUT2D eigenvalue weighted by atomic mass is 9.99. The van der Waals surface area contributed by atoms with Crippen molar-refractivity contribution in [3.8, 4) is 0 Å². The van der Waals surface area contributed by atoms with Crippen molar-refractivity contribution >= 4 is 15.7 Å². The van der Waals surface area contributed by atoms with E-state index in [1.807, 2.05) is 55.5 Å². The molecule has 0 saturated carbocycles. The summed E-state index contributed by atoms with van der Waals surface area (Å²) in [5.41, 5.74) is 4.10. The lowest BCUT2D eigenvalue weighted by molar-refractivity contribution is 0.588. The predicted molar refractivity (Wildman–Crippen MR) is 81.4 cm³/mol. The van der Waals surface area contributed by atoms with Gasteiger partial charge < -0.3 is 0 Å². The van der Waals surface area contributed by atoms with Crippen LogP contribution in [0.4, 0.5) is 5.69 Å². The maximum Gasteiger partial charge on any atom is 0.232 e. The van der Waals surface area contributed by atoms with Gasteiger partial charge in [-0.05, 0) is 29.7 Å². The highest BCUT2D eigenvalue weighted by Crippen LogP contribution is 2.42. The van der Waals surface area contributed by atoms with Crippen LogP contribution in [0.1, 0.15) is 22.7 Å². The van der Waals surface area contributed by atoms with Crippen LogP contribution < -0.4 is 4.31 Å². The van der Waals surface area contributed by atoms with Crippen LogP contribution in [0.5, 0.6) is 0 Å². The fourth-order valence-corrected chi connectivity index (χ4v) is 4.15. The summed E-state index contributed by atoms with van der Waals surface area (Å²) < 4.78 is 26.0. The fraction of sp³-hybridized carbons (Fsp3) is 0.250. The lowest BCUT2D eigenvalue weighted by Gasteiger charge is -2.26. The van der Waals surface area contributed by atoms with Crippen LogP contribution in [0.3, 0.4) is 0 Å². The minimum absolute atomic E-state index is 0.136. The molecule has 2 aromatic rings. The van der Waals surface area contributed by atoms with E-state index in [1.54, 1.807) is 4.31 Å². The molecule has 104 valence electrons. The van der Waals surface area contributed by atoms with Gasteiger partial charge in [0.15, 0.2) is 0 Å². The smallest absolute Gasteiger partial charge is 0.232 e. The van der Waals surface area contributed by atoms with Gasteiger partial charge in [0.2, 0.25) is 10.0 Å². The zero-order chi connectivity index (χ0) is 14.3. The predicted octanol–water partition coefficient (Wildman–Crippen LogP) is 3.06. The van der Waals surface area contributed by atoms with E-state index in [-0.39, 0.29) is 6.04 Å². The van der Waals surface area contributed by atoms with E-state index in [9.17, 15) is 8.42 Å². The van der Waals surface area contributed by atoms with Gasteiger partial charge in [0.25, 0.3) is 0 Å². The first kappa shape index (κ1) is 13.2. The molecule has 0 bridgehead atoms. The van der Waals surface area contributed by atoms with Gasteiger partial charge in [-0.15, -0.1) is 0 Å². The quantitative estimate of drug-likeness (QED) is 0.851. The maximum absolute atomic E-state index is 12.2. The molecule has 1 heterocycles. The summed E-state index contributed by atoms with van der Waals surface area (Å²) in [4.78, 5) is 0. The second kappa shape index (κ2) is 4.63. The number of fused-ring (bicyclic) bond motifs is 1. The molecule has 2 aromatic carbocycles.